The van der Waals surface area contributed by atoms with Gasteiger partial charge < -0.3 is 14.2 Å². The van der Waals surface area contributed by atoms with Gasteiger partial charge in [0, 0.05) is 5.56 Å². The number of esters is 1. The van der Waals surface area contributed by atoms with Crippen molar-refractivity contribution in [2.75, 3.05) is 13.7 Å². The highest BCUT2D eigenvalue weighted by Gasteiger charge is 2.26. The van der Waals surface area contributed by atoms with Crippen molar-refractivity contribution in [1.82, 2.24) is 0 Å². The summed E-state index contributed by atoms with van der Waals surface area (Å²) >= 11 is 0. The third kappa shape index (κ3) is 2.75. The molecule has 1 aliphatic rings. The molecule has 7 heteroatoms. The minimum absolute atomic E-state index is 0.0197. The molecule has 0 unspecified atom stereocenters. The van der Waals surface area contributed by atoms with Crippen LogP contribution in [0.1, 0.15) is 12.0 Å². The van der Waals surface area contributed by atoms with Crippen LogP contribution in [0, 0.1) is 17.0 Å². The maximum Gasteiger partial charge on any atom is 0.309 e. The molecule has 7 nitrogen and oxygen atoms in total. The van der Waals surface area contributed by atoms with Crippen molar-refractivity contribution in [2.45, 2.75) is 19.4 Å². The molecule has 0 N–H and O–H groups in total. The number of aryl methyl sites for hydroxylation is 1. The van der Waals surface area contributed by atoms with Crippen LogP contribution < -0.4 is 9.47 Å². The van der Waals surface area contributed by atoms with Gasteiger partial charge >= 0.3 is 5.97 Å². The van der Waals surface area contributed by atoms with Gasteiger partial charge in [0.25, 0.3) is 5.69 Å². The Bertz CT molecular complexity index is 527. The Kier molecular flexibility index (Phi) is 3.55. The molecule has 1 aliphatic heterocycles. The number of hydrogen-bond acceptors (Lipinski definition) is 6. The Morgan fingerprint density at radius 2 is 2.26 bits per heavy atom. The van der Waals surface area contributed by atoms with E-state index in [2.05, 4.69) is 4.74 Å². The molecule has 102 valence electrons. The Labute approximate surface area is 109 Å². The first kappa shape index (κ1) is 13.1. The van der Waals surface area contributed by atoms with Crippen LogP contribution in [0.4, 0.5) is 5.69 Å². The van der Waals surface area contributed by atoms with Gasteiger partial charge in [0.2, 0.25) is 0 Å². The molecular weight excluding hydrogens is 254 g/mol. The number of nitro benzene ring substituents is 1. The standard InChI is InChI=1S/C12H13NO6/c1-7-3-11-10(5-9(7)13(15)16)18-6-8(19-11)4-12(14)17-2/h3,5,8H,4,6H2,1-2H3/t8-/m1/s1. The Balaban J connectivity index is 2.20. The lowest BCUT2D eigenvalue weighted by molar-refractivity contribution is -0.385. The summed E-state index contributed by atoms with van der Waals surface area (Å²) in [6.07, 6.45) is -0.368. The molecule has 1 aromatic rings. The number of rotatable bonds is 3. The van der Waals surface area contributed by atoms with Gasteiger partial charge in [-0.05, 0) is 13.0 Å². The zero-order valence-corrected chi connectivity index (χ0v) is 10.5. The molecular formula is C12H13NO6. The molecule has 2 rings (SSSR count). The summed E-state index contributed by atoms with van der Waals surface area (Å²) in [4.78, 5) is 21.5. The van der Waals surface area contributed by atoms with Crippen LogP contribution in [0.2, 0.25) is 0 Å². The van der Waals surface area contributed by atoms with Crippen molar-refractivity contribution in [3.63, 3.8) is 0 Å². The molecule has 0 spiro atoms. The second kappa shape index (κ2) is 5.13. The van der Waals surface area contributed by atoms with Crippen LogP contribution in [-0.2, 0) is 9.53 Å². The van der Waals surface area contributed by atoms with Crippen molar-refractivity contribution in [3.05, 3.63) is 27.8 Å². The predicted molar refractivity (Wildman–Crippen MR) is 64.4 cm³/mol. The number of carbonyl (C=O) groups excluding carboxylic acids is 1. The van der Waals surface area contributed by atoms with E-state index < -0.39 is 17.0 Å². The lowest BCUT2D eigenvalue weighted by atomic mass is 10.1. The molecule has 0 aromatic heterocycles. The van der Waals surface area contributed by atoms with E-state index in [4.69, 9.17) is 9.47 Å². The maximum absolute atomic E-state index is 11.2. The van der Waals surface area contributed by atoms with Gasteiger partial charge in [-0.25, -0.2) is 0 Å². The summed E-state index contributed by atoms with van der Waals surface area (Å²) in [5.74, 6) is 0.331. The highest BCUT2D eigenvalue weighted by Crippen LogP contribution is 2.37. The van der Waals surface area contributed by atoms with Crippen LogP contribution in [0.25, 0.3) is 0 Å². The van der Waals surface area contributed by atoms with E-state index in [9.17, 15) is 14.9 Å². The van der Waals surface area contributed by atoms with E-state index in [0.29, 0.717) is 17.1 Å². The average Bonchev–Trinajstić information content (AvgIpc) is 2.37. The van der Waals surface area contributed by atoms with E-state index in [1.807, 2.05) is 0 Å². The summed E-state index contributed by atoms with van der Waals surface area (Å²) in [5, 5.41) is 10.8. The molecule has 1 atom stereocenters. The van der Waals surface area contributed by atoms with E-state index in [1.54, 1.807) is 6.92 Å². The van der Waals surface area contributed by atoms with Crippen LogP contribution in [-0.4, -0.2) is 30.7 Å². The van der Waals surface area contributed by atoms with Crippen LogP contribution in [0.3, 0.4) is 0 Å². The van der Waals surface area contributed by atoms with Crippen molar-refractivity contribution in [3.8, 4) is 11.5 Å². The average molecular weight is 267 g/mol. The Morgan fingerprint density at radius 3 is 2.89 bits per heavy atom. The van der Waals surface area contributed by atoms with Gasteiger partial charge in [-0.3, -0.25) is 14.9 Å². The van der Waals surface area contributed by atoms with Crippen molar-refractivity contribution >= 4 is 11.7 Å². The Morgan fingerprint density at radius 1 is 1.53 bits per heavy atom. The molecule has 1 aromatic carbocycles. The number of methoxy groups -OCH3 is 1. The van der Waals surface area contributed by atoms with Crippen molar-refractivity contribution < 1.29 is 23.9 Å². The fourth-order valence-corrected chi connectivity index (χ4v) is 1.82. The van der Waals surface area contributed by atoms with Crippen molar-refractivity contribution in [2.24, 2.45) is 0 Å². The number of fused-ring (bicyclic) bond motifs is 1. The second-order valence-electron chi connectivity index (χ2n) is 4.17. The molecule has 0 amide bonds. The molecule has 1 heterocycles. The largest absolute Gasteiger partial charge is 0.486 e. The van der Waals surface area contributed by atoms with Gasteiger partial charge in [0.1, 0.15) is 12.7 Å². The van der Waals surface area contributed by atoms with Crippen LogP contribution in [0.15, 0.2) is 12.1 Å². The van der Waals surface area contributed by atoms with Gasteiger partial charge in [-0.15, -0.1) is 0 Å². The highest BCUT2D eigenvalue weighted by atomic mass is 16.6. The smallest absolute Gasteiger partial charge is 0.309 e. The number of hydrogen-bond donors (Lipinski definition) is 0. The predicted octanol–water partition coefficient (Wildman–Crippen LogP) is 1.61. The molecule has 0 bridgehead atoms. The fraction of sp³-hybridized carbons (Fsp3) is 0.417. The van der Waals surface area contributed by atoms with Gasteiger partial charge in [0.05, 0.1) is 24.5 Å². The number of ether oxygens (including phenoxy) is 3. The quantitative estimate of drug-likeness (QED) is 0.469. The van der Waals surface area contributed by atoms with E-state index in [0.717, 1.165) is 0 Å². The first-order valence-corrected chi connectivity index (χ1v) is 5.66. The minimum Gasteiger partial charge on any atom is -0.486 e. The van der Waals surface area contributed by atoms with Crippen LogP contribution >= 0.6 is 0 Å². The molecule has 0 saturated heterocycles. The summed E-state index contributed by atoms with van der Waals surface area (Å²) in [6.45, 7) is 1.77. The number of benzene rings is 1. The first-order chi connectivity index (χ1) is 9.01. The monoisotopic (exact) mass is 267 g/mol. The molecule has 0 saturated carbocycles. The first-order valence-electron chi connectivity index (χ1n) is 5.66. The fourth-order valence-electron chi connectivity index (χ4n) is 1.82. The van der Waals surface area contributed by atoms with E-state index in [1.165, 1.54) is 19.2 Å². The lowest BCUT2D eigenvalue weighted by Gasteiger charge is -2.26. The maximum atomic E-state index is 11.2. The second-order valence-corrected chi connectivity index (χ2v) is 4.17. The normalized spacial score (nSPS) is 16.8. The zero-order chi connectivity index (χ0) is 14.0. The van der Waals surface area contributed by atoms with E-state index >= 15 is 0 Å². The zero-order valence-electron chi connectivity index (χ0n) is 10.5. The van der Waals surface area contributed by atoms with Gasteiger partial charge in [-0.1, -0.05) is 0 Å². The number of nitro groups is 1. The minimum atomic E-state index is -0.473. The highest BCUT2D eigenvalue weighted by molar-refractivity contribution is 5.70. The van der Waals surface area contributed by atoms with Gasteiger partial charge in [-0.2, -0.15) is 0 Å². The van der Waals surface area contributed by atoms with Crippen molar-refractivity contribution in [1.29, 1.82) is 0 Å². The molecule has 19 heavy (non-hydrogen) atoms. The summed E-state index contributed by atoms with van der Waals surface area (Å²) in [7, 11) is 1.30. The third-order valence-electron chi connectivity index (χ3n) is 2.80. The molecule has 0 aliphatic carbocycles. The number of nitrogens with zero attached hydrogens (tertiary/aromatic N) is 1. The summed E-state index contributed by atoms with van der Waals surface area (Å²) in [5.41, 5.74) is 0.458. The lowest BCUT2D eigenvalue weighted by Crippen LogP contribution is -2.31. The third-order valence-corrected chi connectivity index (χ3v) is 2.80. The summed E-state index contributed by atoms with van der Waals surface area (Å²) in [6, 6.07) is 2.87. The topological polar surface area (TPSA) is 87.9 Å². The van der Waals surface area contributed by atoms with Gasteiger partial charge in [0.15, 0.2) is 11.5 Å². The van der Waals surface area contributed by atoms with E-state index in [-0.39, 0.29) is 18.7 Å². The Hall–Kier alpha value is -2.31. The number of carbonyl (C=O) groups is 1. The SMILES string of the molecule is COC(=O)C[C@@H]1COc2cc([N+](=O)[O-])c(C)cc2O1. The molecule has 0 fully saturated rings. The summed E-state index contributed by atoms with van der Waals surface area (Å²) < 4.78 is 15.5. The van der Waals surface area contributed by atoms with Crippen LogP contribution in [0.5, 0.6) is 11.5 Å². The molecule has 0 radical (unpaired) electrons.